The molecule has 0 atom stereocenters. The van der Waals surface area contributed by atoms with E-state index in [1.54, 1.807) is 11.8 Å². The van der Waals surface area contributed by atoms with Crippen LogP contribution in [-0.4, -0.2) is 38.0 Å². The molecule has 0 N–H and O–H groups in total. The lowest BCUT2D eigenvalue weighted by Crippen LogP contribution is -2.38. The van der Waals surface area contributed by atoms with Gasteiger partial charge in [0.2, 0.25) is 11.8 Å². The number of amides is 2. The van der Waals surface area contributed by atoms with Crippen LogP contribution < -0.4 is 14.7 Å². The van der Waals surface area contributed by atoms with Crippen LogP contribution in [0.1, 0.15) is 38.2 Å². The molecule has 0 spiro atoms. The summed E-state index contributed by atoms with van der Waals surface area (Å²) in [5.41, 5.74) is 4.31. The second-order valence-corrected chi connectivity index (χ2v) is 7.91. The Morgan fingerprint density at radius 1 is 0.931 bits per heavy atom. The molecule has 0 radical (unpaired) electrons. The molecule has 2 amide bonds. The number of hydrogen-bond donors (Lipinski definition) is 0. The summed E-state index contributed by atoms with van der Waals surface area (Å²) in [4.78, 5) is 31.2. The van der Waals surface area contributed by atoms with Gasteiger partial charge in [0.15, 0.2) is 0 Å². The fraction of sp³-hybridized carbons (Fsp3) is 0.417. The Morgan fingerprint density at radius 3 is 2.38 bits per heavy atom. The van der Waals surface area contributed by atoms with Crippen molar-refractivity contribution in [3.8, 4) is 0 Å². The van der Waals surface area contributed by atoms with Crippen molar-refractivity contribution in [3.63, 3.8) is 0 Å². The van der Waals surface area contributed by atoms with Crippen LogP contribution in [0.4, 0.5) is 17.1 Å². The summed E-state index contributed by atoms with van der Waals surface area (Å²) in [5.74, 6) is 0.0443. The van der Waals surface area contributed by atoms with E-state index in [2.05, 4.69) is 23.1 Å². The fourth-order valence-corrected chi connectivity index (χ4v) is 4.42. The SMILES string of the molecule is CC(=O)N(CCC(=O)N1CCCc2ccccc21)c1ccc(N2CCCC2)cc1. The quantitative estimate of drug-likeness (QED) is 0.774. The summed E-state index contributed by atoms with van der Waals surface area (Å²) in [5, 5.41) is 0. The van der Waals surface area contributed by atoms with Gasteiger partial charge in [0.25, 0.3) is 0 Å². The fourth-order valence-electron chi connectivity index (χ4n) is 4.42. The van der Waals surface area contributed by atoms with E-state index in [0.717, 1.165) is 43.9 Å². The van der Waals surface area contributed by atoms with Crippen molar-refractivity contribution in [3.05, 3.63) is 54.1 Å². The van der Waals surface area contributed by atoms with Crippen molar-refractivity contribution >= 4 is 28.9 Å². The molecule has 0 saturated carbocycles. The highest BCUT2D eigenvalue weighted by atomic mass is 16.2. The van der Waals surface area contributed by atoms with Crippen molar-refractivity contribution < 1.29 is 9.59 Å². The molecule has 2 aliphatic rings. The number of carbonyl (C=O) groups excluding carboxylic acids is 2. The number of carbonyl (C=O) groups is 2. The van der Waals surface area contributed by atoms with Crippen LogP contribution in [0, 0.1) is 0 Å². The maximum Gasteiger partial charge on any atom is 0.228 e. The maximum atomic E-state index is 12.9. The molecule has 5 nitrogen and oxygen atoms in total. The minimum Gasteiger partial charge on any atom is -0.372 e. The Labute approximate surface area is 172 Å². The first kappa shape index (κ1) is 19.5. The van der Waals surface area contributed by atoms with Gasteiger partial charge in [-0.3, -0.25) is 9.59 Å². The Morgan fingerprint density at radius 2 is 1.66 bits per heavy atom. The summed E-state index contributed by atoms with van der Waals surface area (Å²) in [6.45, 7) is 4.91. The number of benzene rings is 2. The van der Waals surface area contributed by atoms with Crippen LogP contribution >= 0.6 is 0 Å². The number of aryl methyl sites for hydroxylation is 1. The average Bonchev–Trinajstić information content (AvgIpc) is 3.28. The lowest BCUT2D eigenvalue weighted by molar-refractivity contribution is -0.118. The third kappa shape index (κ3) is 4.29. The minimum atomic E-state index is -0.0363. The number of rotatable bonds is 5. The summed E-state index contributed by atoms with van der Waals surface area (Å²) in [6, 6.07) is 16.3. The molecular formula is C24H29N3O2. The first-order chi connectivity index (χ1) is 14.1. The topological polar surface area (TPSA) is 43.9 Å². The molecule has 2 aromatic carbocycles. The van der Waals surface area contributed by atoms with Gasteiger partial charge in [0.05, 0.1) is 0 Å². The number of hydrogen-bond acceptors (Lipinski definition) is 3. The van der Waals surface area contributed by atoms with Gasteiger partial charge in [0, 0.05) is 56.6 Å². The summed E-state index contributed by atoms with van der Waals surface area (Å²) in [6.07, 6.45) is 4.80. The molecule has 29 heavy (non-hydrogen) atoms. The Balaban J connectivity index is 1.43. The normalized spacial score (nSPS) is 15.9. The van der Waals surface area contributed by atoms with E-state index in [-0.39, 0.29) is 11.8 Å². The second kappa shape index (κ2) is 8.68. The van der Waals surface area contributed by atoms with Crippen molar-refractivity contribution in [2.45, 2.75) is 39.0 Å². The van der Waals surface area contributed by atoms with Gasteiger partial charge >= 0.3 is 0 Å². The number of nitrogens with zero attached hydrogens (tertiary/aromatic N) is 3. The number of para-hydroxylation sites is 1. The molecule has 0 bridgehead atoms. The molecule has 2 aliphatic heterocycles. The van der Waals surface area contributed by atoms with Gasteiger partial charge in [-0.15, -0.1) is 0 Å². The third-order valence-electron chi connectivity index (χ3n) is 5.97. The van der Waals surface area contributed by atoms with Crippen LogP contribution in [0.3, 0.4) is 0 Å². The summed E-state index contributed by atoms with van der Waals surface area (Å²) in [7, 11) is 0. The van der Waals surface area contributed by atoms with Gasteiger partial charge in [-0.1, -0.05) is 18.2 Å². The zero-order valence-corrected chi connectivity index (χ0v) is 17.1. The van der Waals surface area contributed by atoms with E-state index >= 15 is 0 Å². The second-order valence-electron chi connectivity index (χ2n) is 7.91. The predicted molar refractivity (Wildman–Crippen MR) is 118 cm³/mol. The van der Waals surface area contributed by atoms with Gasteiger partial charge < -0.3 is 14.7 Å². The van der Waals surface area contributed by atoms with E-state index < -0.39 is 0 Å². The molecule has 152 valence electrons. The highest BCUT2D eigenvalue weighted by molar-refractivity contribution is 5.97. The van der Waals surface area contributed by atoms with Crippen LogP contribution in [-0.2, 0) is 16.0 Å². The molecule has 2 aromatic rings. The van der Waals surface area contributed by atoms with Crippen molar-refractivity contribution in [2.75, 3.05) is 40.9 Å². The summed E-state index contributed by atoms with van der Waals surface area (Å²) < 4.78 is 0. The van der Waals surface area contributed by atoms with Crippen molar-refractivity contribution in [1.82, 2.24) is 0 Å². The smallest absolute Gasteiger partial charge is 0.228 e. The van der Waals surface area contributed by atoms with Crippen LogP contribution in [0.15, 0.2) is 48.5 Å². The maximum absolute atomic E-state index is 12.9. The number of fused-ring (bicyclic) bond motifs is 1. The number of anilines is 3. The molecule has 1 saturated heterocycles. The zero-order chi connectivity index (χ0) is 20.2. The summed E-state index contributed by atoms with van der Waals surface area (Å²) >= 11 is 0. The largest absolute Gasteiger partial charge is 0.372 e. The molecule has 5 heteroatoms. The first-order valence-electron chi connectivity index (χ1n) is 10.6. The van der Waals surface area contributed by atoms with E-state index in [0.29, 0.717) is 13.0 Å². The van der Waals surface area contributed by atoms with Gasteiger partial charge in [-0.2, -0.15) is 0 Å². The average molecular weight is 392 g/mol. The molecular weight excluding hydrogens is 362 g/mol. The van der Waals surface area contributed by atoms with Gasteiger partial charge in [-0.25, -0.2) is 0 Å². The highest BCUT2D eigenvalue weighted by Crippen LogP contribution is 2.28. The lowest BCUT2D eigenvalue weighted by atomic mass is 10.0. The van der Waals surface area contributed by atoms with Gasteiger partial charge in [-0.05, 0) is 61.6 Å². The molecule has 4 rings (SSSR count). The third-order valence-corrected chi connectivity index (χ3v) is 5.97. The van der Waals surface area contributed by atoms with Gasteiger partial charge in [0.1, 0.15) is 0 Å². The Bertz CT molecular complexity index is 872. The highest BCUT2D eigenvalue weighted by Gasteiger charge is 2.23. The van der Waals surface area contributed by atoms with Crippen molar-refractivity contribution in [1.29, 1.82) is 0 Å². The van der Waals surface area contributed by atoms with E-state index in [4.69, 9.17) is 0 Å². The monoisotopic (exact) mass is 391 g/mol. The molecule has 2 heterocycles. The Kier molecular flexibility index (Phi) is 5.84. The van der Waals surface area contributed by atoms with E-state index in [1.165, 1.54) is 24.1 Å². The standard InChI is InChI=1S/C24H29N3O2/c1-19(28)26(22-12-10-21(11-13-22)25-15-4-5-16-25)18-14-24(29)27-17-6-8-20-7-2-3-9-23(20)27/h2-3,7,9-13H,4-6,8,14-18H2,1H3. The first-order valence-corrected chi connectivity index (χ1v) is 10.6. The van der Waals surface area contributed by atoms with Crippen LogP contribution in [0.2, 0.25) is 0 Å². The van der Waals surface area contributed by atoms with Crippen LogP contribution in [0.5, 0.6) is 0 Å². The zero-order valence-electron chi connectivity index (χ0n) is 17.1. The van der Waals surface area contributed by atoms with Crippen LogP contribution in [0.25, 0.3) is 0 Å². The van der Waals surface area contributed by atoms with E-state index in [9.17, 15) is 9.59 Å². The molecule has 0 unspecified atom stereocenters. The van der Waals surface area contributed by atoms with E-state index in [1.807, 2.05) is 35.2 Å². The predicted octanol–water partition coefficient (Wildman–Crippen LogP) is 4.01. The lowest BCUT2D eigenvalue weighted by Gasteiger charge is -2.30. The Hall–Kier alpha value is -2.82. The molecule has 0 aromatic heterocycles. The molecule has 0 aliphatic carbocycles. The minimum absolute atomic E-state index is 0.0363. The molecule has 1 fully saturated rings. The van der Waals surface area contributed by atoms with Crippen molar-refractivity contribution in [2.24, 2.45) is 0 Å².